The predicted molar refractivity (Wildman–Crippen MR) is 103 cm³/mol. The Hall–Kier alpha value is -3.67. The third-order valence-corrected chi connectivity index (χ3v) is 4.20. The van der Waals surface area contributed by atoms with Gasteiger partial charge in [0.25, 0.3) is 5.69 Å². The Morgan fingerprint density at radius 1 is 1.04 bits per heavy atom. The maximum Gasteiger partial charge on any atom is 0.270 e. The highest BCUT2D eigenvalue weighted by Crippen LogP contribution is 2.35. The first-order valence-corrected chi connectivity index (χ1v) is 8.53. The standard InChI is InChI=1S/C21H16N2O4/c1-2-26-19-11-9-16(23(24)25)13-17(19)21-22-18-12-15(8-10-20(18)27-21)14-6-4-3-5-7-14/h3-13H,2H2,1H3. The van der Waals surface area contributed by atoms with Gasteiger partial charge < -0.3 is 9.15 Å². The third-order valence-electron chi connectivity index (χ3n) is 4.20. The van der Waals surface area contributed by atoms with Gasteiger partial charge in [0.2, 0.25) is 5.89 Å². The average Bonchev–Trinajstić information content (AvgIpc) is 3.12. The van der Waals surface area contributed by atoms with Crippen molar-refractivity contribution in [2.75, 3.05) is 6.61 Å². The number of benzene rings is 3. The Morgan fingerprint density at radius 2 is 1.85 bits per heavy atom. The molecular weight excluding hydrogens is 344 g/mol. The smallest absolute Gasteiger partial charge is 0.270 e. The minimum Gasteiger partial charge on any atom is -0.493 e. The fraction of sp³-hybridized carbons (Fsp3) is 0.0952. The van der Waals surface area contributed by atoms with Crippen LogP contribution in [-0.4, -0.2) is 16.5 Å². The number of fused-ring (bicyclic) bond motifs is 1. The highest BCUT2D eigenvalue weighted by molar-refractivity contribution is 5.83. The van der Waals surface area contributed by atoms with Crippen LogP contribution in [0.3, 0.4) is 0 Å². The van der Waals surface area contributed by atoms with E-state index in [2.05, 4.69) is 4.98 Å². The van der Waals surface area contributed by atoms with E-state index in [1.54, 1.807) is 6.07 Å². The zero-order chi connectivity index (χ0) is 18.8. The molecule has 1 aromatic heterocycles. The van der Waals surface area contributed by atoms with Crippen LogP contribution in [0.15, 0.2) is 71.1 Å². The molecule has 0 spiro atoms. The second-order valence-corrected chi connectivity index (χ2v) is 5.94. The lowest BCUT2D eigenvalue weighted by Gasteiger charge is -2.06. The number of hydrogen-bond donors (Lipinski definition) is 0. The van der Waals surface area contributed by atoms with Gasteiger partial charge in [-0.1, -0.05) is 36.4 Å². The van der Waals surface area contributed by atoms with Crippen LogP contribution in [0.5, 0.6) is 5.75 Å². The lowest BCUT2D eigenvalue weighted by molar-refractivity contribution is -0.384. The van der Waals surface area contributed by atoms with Gasteiger partial charge >= 0.3 is 0 Å². The molecule has 27 heavy (non-hydrogen) atoms. The van der Waals surface area contributed by atoms with Crippen molar-refractivity contribution < 1.29 is 14.1 Å². The van der Waals surface area contributed by atoms with Gasteiger partial charge in [0.15, 0.2) is 5.58 Å². The molecule has 6 nitrogen and oxygen atoms in total. The molecule has 0 saturated carbocycles. The quantitative estimate of drug-likeness (QED) is 0.348. The van der Waals surface area contributed by atoms with E-state index in [0.29, 0.717) is 34.9 Å². The van der Waals surface area contributed by atoms with Crippen molar-refractivity contribution in [3.05, 3.63) is 76.8 Å². The van der Waals surface area contributed by atoms with E-state index in [-0.39, 0.29) is 5.69 Å². The second kappa shape index (κ2) is 6.92. The number of nitro benzene ring substituents is 1. The van der Waals surface area contributed by atoms with Gasteiger partial charge in [-0.05, 0) is 36.2 Å². The number of rotatable bonds is 5. The maximum absolute atomic E-state index is 11.1. The number of oxazole rings is 1. The molecule has 0 aliphatic heterocycles. The highest BCUT2D eigenvalue weighted by Gasteiger charge is 2.18. The van der Waals surface area contributed by atoms with Gasteiger partial charge in [-0.2, -0.15) is 0 Å². The number of ether oxygens (including phenoxy) is 1. The monoisotopic (exact) mass is 360 g/mol. The Bertz CT molecular complexity index is 1120. The van der Waals surface area contributed by atoms with Gasteiger partial charge in [-0.3, -0.25) is 10.1 Å². The normalized spacial score (nSPS) is 10.9. The lowest BCUT2D eigenvalue weighted by Crippen LogP contribution is -1.96. The molecule has 6 heteroatoms. The molecule has 0 amide bonds. The molecule has 1 heterocycles. The summed E-state index contributed by atoms with van der Waals surface area (Å²) < 4.78 is 11.4. The van der Waals surface area contributed by atoms with Crippen molar-refractivity contribution in [3.8, 4) is 28.3 Å². The molecule has 0 unspecified atom stereocenters. The molecule has 0 atom stereocenters. The van der Waals surface area contributed by atoms with E-state index in [1.807, 2.05) is 55.5 Å². The summed E-state index contributed by atoms with van der Waals surface area (Å²) in [7, 11) is 0. The Kier molecular flexibility index (Phi) is 4.30. The minimum atomic E-state index is -0.449. The van der Waals surface area contributed by atoms with Crippen LogP contribution in [0.4, 0.5) is 5.69 Å². The summed E-state index contributed by atoms with van der Waals surface area (Å²) in [6, 6.07) is 20.1. The average molecular weight is 360 g/mol. The van der Waals surface area contributed by atoms with E-state index in [0.717, 1.165) is 11.1 Å². The molecule has 0 aliphatic carbocycles. The van der Waals surface area contributed by atoms with Gasteiger partial charge in [0.05, 0.1) is 17.1 Å². The zero-order valence-corrected chi connectivity index (χ0v) is 14.6. The summed E-state index contributed by atoms with van der Waals surface area (Å²) in [6.07, 6.45) is 0. The molecule has 0 saturated heterocycles. The van der Waals surface area contributed by atoms with Gasteiger partial charge in [0.1, 0.15) is 11.3 Å². The molecule has 4 rings (SSSR count). The summed E-state index contributed by atoms with van der Waals surface area (Å²) in [4.78, 5) is 15.2. The molecular formula is C21H16N2O4. The lowest BCUT2D eigenvalue weighted by atomic mass is 10.1. The van der Waals surface area contributed by atoms with E-state index in [1.165, 1.54) is 12.1 Å². The molecule has 3 aromatic carbocycles. The summed E-state index contributed by atoms with van der Waals surface area (Å²) in [5, 5.41) is 11.1. The van der Waals surface area contributed by atoms with E-state index in [4.69, 9.17) is 9.15 Å². The fourth-order valence-electron chi connectivity index (χ4n) is 2.93. The van der Waals surface area contributed by atoms with Crippen molar-refractivity contribution in [2.24, 2.45) is 0 Å². The van der Waals surface area contributed by atoms with E-state index in [9.17, 15) is 10.1 Å². The molecule has 0 aliphatic rings. The first kappa shape index (κ1) is 16.8. The number of hydrogen-bond acceptors (Lipinski definition) is 5. The van der Waals surface area contributed by atoms with E-state index >= 15 is 0 Å². The third kappa shape index (κ3) is 3.25. The second-order valence-electron chi connectivity index (χ2n) is 5.94. The molecule has 0 fully saturated rings. The van der Waals surface area contributed by atoms with Crippen LogP contribution in [0, 0.1) is 10.1 Å². The Morgan fingerprint density at radius 3 is 2.59 bits per heavy atom. The topological polar surface area (TPSA) is 78.4 Å². The summed E-state index contributed by atoms with van der Waals surface area (Å²) in [5.41, 5.74) is 3.81. The summed E-state index contributed by atoms with van der Waals surface area (Å²) in [6.45, 7) is 2.28. The molecule has 4 aromatic rings. The van der Waals surface area contributed by atoms with Gasteiger partial charge in [0, 0.05) is 12.1 Å². The summed E-state index contributed by atoms with van der Waals surface area (Å²) >= 11 is 0. The van der Waals surface area contributed by atoms with Crippen LogP contribution in [0.25, 0.3) is 33.7 Å². The van der Waals surface area contributed by atoms with Gasteiger partial charge in [-0.15, -0.1) is 0 Å². The summed E-state index contributed by atoms with van der Waals surface area (Å²) in [5.74, 6) is 0.792. The van der Waals surface area contributed by atoms with Crippen LogP contribution >= 0.6 is 0 Å². The first-order chi connectivity index (χ1) is 13.2. The largest absolute Gasteiger partial charge is 0.493 e. The molecule has 0 radical (unpaired) electrons. The van der Waals surface area contributed by atoms with Crippen LogP contribution in [0.2, 0.25) is 0 Å². The predicted octanol–water partition coefficient (Wildman–Crippen LogP) is 5.47. The van der Waals surface area contributed by atoms with E-state index < -0.39 is 4.92 Å². The van der Waals surface area contributed by atoms with Crippen molar-refractivity contribution in [1.29, 1.82) is 0 Å². The number of aromatic nitrogens is 1. The molecule has 0 N–H and O–H groups in total. The SMILES string of the molecule is CCOc1ccc([N+](=O)[O-])cc1-c1nc2cc(-c3ccccc3)ccc2o1. The van der Waals surface area contributed by atoms with Crippen molar-refractivity contribution >= 4 is 16.8 Å². The first-order valence-electron chi connectivity index (χ1n) is 8.53. The minimum absolute atomic E-state index is 0.0410. The Labute approximate surface area is 155 Å². The maximum atomic E-state index is 11.1. The van der Waals surface area contributed by atoms with Crippen molar-refractivity contribution in [2.45, 2.75) is 6.92 Å². The van der Waals surface area contributed by atoms with Crippen molar-refractivity contribution in [1.82, 2.24) is 4.98 Å². The van der Waals surface area contributed by atoms with Crippen LogP contribution in [-0.2, 0) is 0 Å². The van der Waals surface area contributed by atoms with Crippen LogP contribution in [0.1, 0.15) is 6.92 Å². The van der Waals surface area contributed by atoms with Crippen molar-refractivity contribution in [3.63, 3.8) is 0 Å². The van der Waals surface area contributed by atoms with Crippen LogP contribution < -0.4 is 4.74 Å². The number of non-ortho nitro benzene ring substituents is 1. The number of nitrogens with zero attached hydrogens (tertiary/aromatic N) is 2. The zero-order valence-electron chi connectivity index (χ0n) is 14.6. The Balaban J connectivity index is 1.82. The molecule has 134 valence electrons. The highest BCUT2D eigenvalue weighted by atomic mass is 16.6. The van der Waals surface area contributed by atoms with Gasteiger partial charge in [-0.25, -0.2) is 4.98 Å². The molecule has 0 bridgehead atoms. The number of nitro groups is 1. The fourth-order valence-corrected chi connectivity index (χ4v) is 2.93.